The van der Waals surface area contributed by atoms with Gasteiger partial charge in [0.1, 0.15) is 0 Å². The summed E-state index contributed by atoms with van der Waals surface area (Å²) in [5.74, 6) is 0.843. The number of hydrogen-bond acceptors (Lipinski definition) is 3. The molecule has 1 aromatic heterocycles. The highest BCUT2D eigenvalue weighted by molar-refractivity contribution is 5.51. The average Bonchev–Trinajstić information content (AvgIpc) is 2.35. The third kappa shape index (κ3) is 2.78. The van der Waals surface area contributed by atoms with Gasteiger partial charge in [-0.3, -0.25) is 4.98 Å². The van der Waals surface area contributed by atoms with Gasteiger partial charge in [0.15, 0.2) is 0 Å². The quantitative estimate of drug-likeness (QED) is 0.844. The van der Waals surface area contributed by atoms with Crippen LogP contribution in [0.1, 0.15) is 38.2 Å². The highest BCUT2D eigenvalue weighted by atomic mass is 15.0. The van der Waals surface area contributed by atoms with Crippen molar-refractivity contribution in [2.45, 2.75) is 45.1 Å². The topological polar surface area (TPSA) is 50.9 Å². The van der Waals surface area contributed by atoms with Gasteiger partial charge in [0.05, 0.1) is 0 Å². The van der Waals surface area contributed by atoms with Crippen molar-refractivity contribution in [1.82, 2.24) is 4.98 Å². The summed E-state index contributed by atoms with van der Waals surface area (Å²) in [6.45, 7) is 5.13. The van der Waals surface area contributed by atoms with E-state index in [1.54, 1.807) is 0 Å². The zero-order valence-corrected chi connectivity index (χ0v) is 10.9. The van der Waals surface area contributed by atoms with Gasteiger partial charge in [0.2, 0.25) is 0 Å². The van der Waals surface area contributed by atoms with Crippen LogP contribution in [0.5, 0.6) is 0 Å². The van der Waals surface area contributed by atoms with Gasteiger partial charge in [-0.25, -0.2) is 0 Å². The summed E-state index contributed by atoms with van der Waals surface area (Å²) >= 11 is 0. The highest BCUT2D eigenvalue weighted by Crippen LogP contribution is 2.34. The van der Waals surface area contributed by atoms with Crippen LogP contribution in [-0.2, 0) is 0 Å². The highest BCUT2D eigenvalue weighted by Gasteiger charge is 2.32. The number of hydrogen-bond donors (Lipinski definition) is 2. The molecular weight excluding hydrogens is 210 g/mol. The molecule has 17 heavy (non-hydrogen) atoms. The molecule has 1 aliphatic carbocycles. The Morgan fingerprint density at radius 3 is 2.76 bits per heavy atom. The number of aromatic nitrogens is 1. The van der Waals surface area contributed by atoms with Crippen molar-refractivity contribution in [2.24, 2.45) is 11.7 Å². The number of pyridine rings is 1. The monoisotopic (exact) mass is 233 g/mol. The van der Waals surface area contributed by atoms with Crippen LogP contribution in [0.15, 0.2) is 18.5 Å². The van der Waals surface area contributed by atoms with E-state index >= 15 is 0 Å². The van der Waals surface area contributed by atoms with E-state index in [0.29, 0.717) is 6.54 Å². The second kappa shape index (κ2) is 5.05. The molecule has 0 radical (unpaired) electrons. The lowest BCUT2D eigenvalue weighted by Gasteiger charge is -2.40. The van der Waals surface area contributed by atoms with Crippen molar-refractivity contribution in [3.05, 3.63) is 24.0 Å². The van der Waals surface area contributed by atoms with Crippen molar-refractivity contribution >= 4 is 5.69 Å². The van der Waals surface area contributed by atoms with Crippen LogP contribution in [0.25, 0.3) is 0 Å². The molecule has 3 N–H and O–H groups in total. The maximum absolute atomic E-state index is 6.00. The van der Waals surface area contributed by atoms with E-state index in [1.807, 2.05) is 18.5 Å². The summed E-state index contributed by atoms with van der Waals surface area (Å²) in [4.78, 5) is 4.13. The second-order valence-corrected chi connectivity index (χ2v) is 5.48. The van der Waals surface area contributed by atoms with E-state index in [0.717, 1.165) is 5.92 Å². The molecule has 0 spiro atoms. The minimum atomic E-state index is 0.0959. The number of rotatable bonds is 3. The van der Waals surface area contributed by atoms with Crippen LogP contribution in [0.2, 0.25) is 0 Å². The number of nitrogens with zero attached hydrogens (tertiary/aromatic N) is 1. The molecule has 0 atom stereocenters. The fourth-order valence-corrected chi connectivity index (χ4v) is 2.59. The Balaban J connectivity index is 2.12. The number of anilines is 1. The second-order valence-electron chi connectivity index (χ2n) is 5.48. The molecule has 3 heteroatoms. The summed E-state index contributed by atoms with van der Waals surface area (Å²) in [5.41, 5.74) is 8.47. The van der Waals surface area contributed by atoms with Crippen LogP contribution in [0, 0.1) is 12.8 Å². The van der Waals surface area contributed by atoms with E-state index in [1.165, 1.54) is 36.9 Å². The van der Waals surface area contributed by atoms with Gasteiger partial charge in [0, 0.05) is 30.2 Å². The van der Waals surface area contributed by atoms with Crippen molar-refractivity contribution in [1.29, 1.82) is 0 Å². The Labute approximate surface area is 104 Å². The molecule has 1 fully saturated rings. The molecule has 94 valence electrons. The minimum Gasteiger partial charge on any atom is -0.378 e. The van der Waals surface area contributed by atoms with Crippen molar-refractivity contribution in [3.8, 4) is 0 Å². The van der Waals surface area contributed by atoms with Crippen LogP contribution in [0.3, 0.4) is 0 Å². The molecule has 2 rings (SSSR count). The van der Waals surface area contributed by atoms with Gasteiger partial charge in [0.25, 0.3) is 0 Å². The molecule has 1 heterocycles. The molecule has 1 aromatic rings. The van der Waals surface area contributed by atoms with Crippen LogP contribution >= 0.6 is 0 Å². The molecule has 0 bridgehead atoms. The molecule has 0 aliphatic heterocycles. The van der Waals surface area contributed by atoms with Gasteiger partial charge >= 0.3 is 0 Å². The Bertz CT molecular complexity index is 367. The zero-order chi connectivity index (χ0) is 12.3. The van der Waals surface area contributed by atoms with Crippen molar-refractivity contribution in [2.75, 3.05) is 11.9 Å². The van der Waals surface area contributed by atoms with E-state index in [-0.39, 0.29) is 5.54 Å². The maximum Gasteiger partial charge on any atom is 0.0496 e. The first-order chi connectivity index (χ1) is 8.15. The summed E-state index contributed by atoms with van der Waals surface area (Å²) in [7, 11) is 0. The Hall–Kier alpha value is -1.09. The van der Waals surface area contributed by atoms with Crippen LogP contribution in [-0.4, -0.2) is 17.1 Å². The predicted octanol–water partition coefficient (Wildman–Crippen LogP) is 2.71. The predicted molar refractivity (Wildman–Crippen MR) is 72.0 cm³/mol. The molecule has 0 aromatic carbocycles. The maximum atomic E-state index is 6.00. The molecule has 0 amide bonds. The minimum absolute atomic E-state index is 0.0959. The number of nitrogens with one attached hydrogen (secondary N) is 1. The lowest BCUT2D eigenvalue weighted by Crippen LogP contribution is -2.48. The summed E-state index contributed by atoms with van der Waals surface area (Å²) in [6.07, 6.45) is 8.63. The van der Waals surface area contributed by atoms with Gasteiger partial charge in [-0.1, -0.05) is 6.92 Å². The lowest BCUT2D eigenvalue weighted by atomic mass is 9.77. The molecule has 0 saturated heterocycles. The largest absolute Gasteiger partial charge is 0.378 e. The Morgan fingerprint density at radius 1 is 1.47 bits per heavy atom. The zero-order valence-electron chi connectivity index (χ0n) is 10.9. The standard InChI is InChI=1S/C14H23N3/c1-11-3-6-14(10-15,7-4-11)17-13-5-8-16-9-12(13)2/h5,8-9,11H,3-4,6-7,10,15H2,1-2H3,(H,16,17). The van der Waals surface area contributed by atoms with E-state index in [4.69, 9.17) is 5.73 Å². The Kier molecular flexibility index (Phi) is 3.67. The normalized spacial score (nSPS) is 29.0. The smallest absolute Gasteiger partial charge is 0.0496 e. The van der Waals surface area contributed by atoms with Crippen molar-refractivity contribution in [3.63, 3.8) is 0 Å². The molecular formula is C14H23N3. The Morgan fingerprint density at radius 2 is 2.18 bits per heavy atom. The average molecular weight is 233 g/mol. The van der Waals surface area contributed by atoms with E-state index < -0.39 is 0 Å². The SMILES string of the molecule is Cc1cnccc1NC1(CN)CCC(C)CC1. The molecule has 1 aliphatic rings. The van der Waals surface area contributed by atoms with Crippen molar-refractivity contribution < 1.29 is 0 Å². The fraction of sp³-hybridized carbons (Fsp3) is 0.643. The summed E-state index contributed by atoms with van der Waals surface area (Å²) in [5, 5.41) is 3.67. The summed E-state index contributed by atoms with van der Waals surface area (Å²) < 4.78 is 0. The number of nitrogens with two attached hydrogens (primary N) is 1. The van der Waals surface area contributed by atoms with E-state index in [2.05, 4.69) is 24.1 Å². The fourth-order valence-electron chi connectivity index (χ4n) is 2.59. The van der Waals surface area contributed by atoms with Gasteiger partial charge < -0.3 is 11.1 Å². The lowest BCUT2D eigenvalue weighted by molar-refractivity contribution is 0.271. The van der Waals surface area contributed by atoms with Crippen LogP contribution < -0.4 is 11.1 Å². The summed E-state index contributed by atoms with van der Waals surface area (Å²) in [6, 6.07) is 2.05. The van der Waals surface area contributed by atoms with E-state index in [9.17, 15) is 0 Å². The van der Waals surface area contributed by atoms with Crippen LogP contribution in [0.4, 0.5) is 5.69 Å². The van der Waals surface area contributed by atoms with Gasteiger partial charge in [-0.15, -0.1) is 0 Å². The first kappa shape index (κ1) is 12.4. The molecule has 3 nitrogen and oxygen atoms in total. The number of aryl methyl sites for hydroxylation is 1. The third-order valence-corrected chi connectivity index (χ3v) is 4.04. The van der Waals surface area contributed by atoms with Gasteiger partial charge in [-0.2, -0.15) is 0 Å². The first-order valence-corrected chi connectivity index (χ1v) is 6.54. The molecule has 1 saturated carbocycles. The first-order valence-electron chi connectivity index (χ1n) is 6.54. The third-order valence-electron chi connectivity index (χ3n) is 4.04. The molecule has 0 unspecified atom stereocenters. The van der Waals surface area contributed by atoms with Gasteiger partial charge in [-0.05, 0) is 50.2 Å².